The van der Waals surface area contributed by atoms with Gasteiger partial charge in [-0.1, -0.05) is 41.3 Å². The third-order valence-corrected chi connectivity index (χ3v) is 5.72. The highest BCUT2D eigenvalue weighted by atomic mass is 79.9. The maximum absolute atomic E-state index is 12.0. The van der Waals surface area contributed by atoms with Crippen molar-refractivity contribution in [1.29, 1.82) is 5.26 Å². The molecule has 1 amide bonds. The number of halogens is 1. The standard InChI is InChI=1S/C15H17BrN2OS/c16-11-5-4-6-12(9-11)20-13(10-17)15(14(18)19)7-2-1-3-8-15/h4-6,9,13H,1-3,7-8H2,(H2,18,19). The van der Waals surface area contributed by atoms with E-state index in [1.165, 1.54) is 11.8 Å². The van der Waals surface area contributed by atoms with E-state index in [1.54, 1.807) is 0 Å². The number of nitrogens with two attached hydrogens (primary N) is 1. The van der Waals surface area contributed by atoms with Gasteiger partial charge in [-0.25, -0.2) is 0 Å². The molecule has 0 heterocycles. The van der Waals surface area contributed by atoms with Crippen molar-refractivity contribution >= 4 is 33.6 Å². The van der Waals surface area contributed by atoms with E-state index in [9.17, 15) is 10.1 Å². The zero-order valence-electron chi connectivity index (χ0n) is 11.1. The number of primary amides is 1. The summed E-state index contributed by atoms with van der Waals surface area (Å²) in [5, 5.41) is 9.11. The Morgan fingerprint density at radius 3 is 2.65 bits per heavy atom. The minimum absolute atomic E-state index is 0.328. The molecule has 1 aromatic carbocycles. The van der Waals surface area contributed by atoms with Gasteiger partial charge in [0.05, 0.1) is 11.5 Å². The summed E-state index contributed by atoms with van der Waals surface area (Å²) in [4.78, 5) is 13.0. The molecule has 106 valence electrons. The molecule has 1 aromatic rings. The van der Waals surface area contributed by atoms with Crippen molar-refractivity contribution in [3.05, 3.63) is 28.7 Å². The molecule has 1 aliphatic carbocycles. The molecule has 0 radical (unpaired) electrons. The SMILES string of the molecule is N#CC(Sc1cccc(Br)c1)C1(C(N)=O)CCCCC1. The summed E-state index contributed by atoms with van der Waals surface area (Å²) >= 11 is 4.87. The van der Waals surface area contributed by atoms with E-state index >= 15 is 0 Å². The van der Waals surface area contributed by atoms with Crippen LogP contribution in [0.1, 0.15) is 32.1 Å². The zero-order chi connectivity index (χ0) is 14.6. The Hall–Kier alpha value is -0.990. The second kappa shape index (κ2) is 6.64. The van der Waals surface area contributed by atoms with Crippen LogP contribution in [-0.4, -0.2) is 11.2 Å². The first-order valence-electron chi connectivity index (χ1n) is 6.70. The fraction of sp³-hybridized carbons (Fsp3) is 0.467. The Morgan fingerprint density at radius 2 is 2.10 bits per heavy atom. The van der Waals surface area contributed by atoms with Gasteiger partial charge in [-0.15, -0.1) is 11.8 Å². The van der Waals surface area contributed by atoms with Crippen LogP contribution in [0.15, 0.2) is 33.6 Å². The van der Waals surface area contributed by atoms with Crippen molar-refractivity contribution in [2.24, 2.45) is 11.1 Å². The van der Waals surface area contributed by atoms with Crippen LogP contribution in [0.25, 0.3) is 0 Å². The molecule has 2 N–H and O–H groups in total. The summed E-state index contributed by atoms with van der Waals surface area (Å²) in [7, 11) is 0. The van der Waals surface area contributed by atoms with Crippen molar-refractivity contribution in [3.63, 3.8) is 0 Å². The van der Waals surface area contributed by atoms with Crippen LogP contribution in [0.3, 0.4) is 0 Å². The predicted octanol–water partition coefficient (Wildman–Crippen LogP) is 3.87. The van der Waals surface area contributed by atoms with E-state index in [4.69, 9.17) is 5.73 Å². The molecule has 1 saturated carbocycles. The molecule has 0 aromatic heterocycles. The zero-order valence-corrected chi connectivity index (χ0v) is 13.5. The van der Waals surface area contributed by atoms with Crippen LogP contribution in [0, 0.1) is 16.7 Å². The fourth-order valence-electron chi connectivity index (χ4n) is 2.76. The number of nitrogens with zero attached hydrogens (tertiary/aromatic N) is 1. The van der Waals surface area contributed by atoms with Gasteiger partial charge in [0.1, 0.15) is 5.25 Å². The van der Waals surface area contributed by atoms with Crippen molar-refractivity contribution in [3.8, 4) is 6.07 Å². The summed E-state index contributed by atoms with van der Waals surface area (Å²) in [5.41, 5.74) is 4.97. The van der Waals surface area contributed by atoms with E-state index < -0.39 is 10.7 Å². The Bertz CT molecular complexity index is 535. The van der Waals surface area contributed by atoms with Gasteiger partial charge in [0, 0.05) is 9.37 Å². The number of rotatable bonds is 4. The lowest BCUT2D eigenvalue weighted by molar-refractivity contribution is -0.128. The number of benzene rings is 1. The largest absolute Gasteiger partial charge is 0.369 e. The first-order chi connectivity index (χ1) is 9.58. The molecule has 20 heavy (non-hydrogen) atoms. The molecule has 2 rings (SSSR count). The van der Waals surface area contributed by atoms with Crippen LogP contribution in [0.2, 0.25) is 0 Å². The van der Waals surface area contributed by atoms with Gasteiger partial charge in [0.25, 0.3) is 0 Å². The average molecular weight is 353 g/mol. The normalized spacial score (nSPS) is 19.0. The lowest BCUT2D eigenvalue weighted by Gasteiger charge is -2.37. The lowest BCUT2D eigenvalue weighted by Crippen LogP contribution is -2.46. The van der Waals surface area contributed by atoms with Crippen LogP contribution >= 0.6 is 27.7 Å². The van der Waals surface area contributed by atoms with Crippen LogP contribution in [-0.2, 0) is 4.79 Å². The highest BCUT2D eigenvalue weighted by Gasteiger charge is 2.45. The molecule has 0 saturated heterocycles. The molecular weight excluding hydrogens is 336 g/mol. The predicted molar refractivity (Wildman–Crippen MR) is 84.1 cm³/mol. The molecule has 1 atom stereocenters. The van der Waals surface area contributed by atoms with Crippen molar-refractivity contribution in [2.75, 3.05) is 0 Å². The van der Waals surface area contributed by atoms with Crippen LogP contribution in [0.4, 0.5) is 0 Å². The Labute approximate surface area is 132 Å². The smallest absolute Gasteiger partial charge is 0.225 e. The molecule has 3 nitrogen and oxygen atoms in total. The highest BCUT2D eigenvalue weighted by molar-refractivity contribution is 9.10. The first-order valence-corrected chi connectivity index (χ1v) is 8.37. The van der Waals surface area contributed by atoms with Crippen molar-refractivity contribution < 1.29 is 4.79 Å². The summed E-state index contributed by atoms with van der Waals surface area (Å²) in [6.45, 7) is 0. The monoisotopic (exact) mass is 352 g/mol. The summed E-state index contributed by atoms with van der Waals surface area (Å²) < 4.78 is 0.968. The van der Waals surface area contributed by atoms with Gasteiger partial charge < -0.3 is 5.73 Å². The molecular formula is C15H17BrN2OS. The second-order valence-corrected chi connectivity index (χ2v) is 7.26. The maximum atomic E-state index is 12.0. The minimum Gasteiger partial charge on any atom is -0.369 e. The fourth-order valence-corrected chi connectivity index (χ4v) is 4.56. The number of hydrogen-bond acceptors (Lipinski definition) is 3. The molecule has 0 spiro atoms. The molecule has 5 heteroatoms. The van der Waals surface area contributed by atoms with E-state index in [-0.39, 0.29) is 5.91 Å². The summed E-state index contributed by atoms with van der Waals surface area (Å²) in [6.07, 6.45) is 4.51. The van der Waals surface area contributed by atoms with Crippen LogP contribution < -0.4 is 5.73 Å². The Kier molecular flexibility index (Phi) is 5.11. The summed E-state index contributed by atoms with van der Waals surface area (Å²) in [5.74, 6) is -0.328. The van der Waals surface area contributed by atoms with E-state index in [1.807, 2.05) is 24.3 Å². The van der Waals surface area contributed by atoms with Crippen molar-refractivity contribution in [2.45, 2.75) is 42.2 Å². The molecule has 1 fully saturated rings. The third-order valence-electron chi connectivity index (χ3n) is 3.91. The topological polar surface area (TPSA) is 66.9 Å². The quantitative estimate of drug-likeness (QED) is 0.836. The molecule has 1 unspecified atom stereocenters. The number of carbonyl (C=O) groups excluding carboxylic acids is 1. The van der Waals surface area contributed by atoms with Gasteiger partial charge in [-0.2, -0.15) is 5.26 Å². The van der Waals surface area contributed by atoms with Gasteiger partial charge >= 0.3 is 0 Å². The first kappa shape index (κ1) is 15.4. The number of hydrogen-bond donors (Lipinski definition) is 1. The number of thioether (sulfide) groups is 1. The molecule has 0 bridgehead atoms. The lowest BCUT2D eigenvalue weighted by atomic mass is 9.71. The number of amides is 1. The molecule has 1 aliphatic rings. The maximum Gasteiger partial charge on any atom is 0.225 e. The Morgan fingerprint density at radius 1 is 1.40 bits per heavy atom. The third kappa shape index (κ3) is 3.18. The van der Waals surface area contributed by atoms with E-state index in [0.717, 1.165) is 41.5 Å². The number of carbonyl (C=O) groups is 1. The van der Waals surface area contributed by atoms with Crippen LogP contribution in [0.5, 0.6) is 0 Å². The van der Waals surface area contributed by atoms with Gasteiger partial charge in [0.15, 0.2) is 0 Å². The molecule has 0 aliphatic heterocycles. The van der Waals surface area contributed by atoms with Gasteiger partial charge in [0.2, 0.25) is 5.91 Å². The minimum atomic E-state index is -0.681. The number of nitriles is 1. The van der Waals surface area contributed by atoms with Gasteiger partial charge in [-0.05, 0) is 31.0 Å². The van der Waals surface area contributed by atoms with E-state index in [2.05, 4.69) is 22.0 Å². The van der Waals surface area contributed by atoms with Gasteiger partial charge in [-0.3, -0.25) is 4.79 Å². The highest BCUT2D eigenvalue weighted by Crippen LogP contribution is 2.45. The Balaban J connectivity index is 2.25. The summed E-state index contributed by atoms with van der Waals surface area (Å²) in [6, 6.07) is 10.1. The average Bonchev–Trinajstić information content (AvgIpc) is 2.45. The van der Waals surface area contributed by atoms with Crippen molar-refractivity contribution in [1.82, 2.24) is 0 Å². The van der Waals surface area contributed by atoms with E-state index in [0.29, 0.717) is 0 Å². The second-order valence-electron chi connectivity index (χ2n) is 5.17.